The van der Waals surface area contributed by atoms with Crippen molar-refractivity contribution >= 4 is 27.5 Å². The first-order valence-corrected chi connectivity index (χ1v) is 12.2. The Kier molecular flexibility index (Phi) is 5.27. The molecule has 3 atom stereocenters. The zero-order valence-corrected chi connectivity index (χ0v) is 19.1. The molecule has 0 spiro atoms. The number of anilines is 1. The third-order valence-corrected chi connectivity index (χ3v) is 7.37. The highest BCUT2D eigenvalue weighted by Crippen LogP contribution is 2.36. The van der Waals surface area contributed by atoms with Gasteiger partial charge in [-0.1, -0.05) is 30.3 Å². The van der Waals surface area contributed by atoms with E-state index in [2.05, 4.69) is 65.5 Å². The third-order valence-electron chi connectivity index (χ3n) is 7.37. The van der Waals surface area contributed by atoms with Crippen LogP contribution in [0.5, 0.6) is 0 Å². The summed E-state index contributed by atoms with van der Waals surface area (Å²) in [4.78, 5) is 7.60. The summed E-state index contributed by atoms with van der Waals surface area (Å²) < 4.78 is 5.74. The van der Waals surface area contributed by atoms with E-state index >= 15 is 0 Å². The molecule has 2 aromatic heterocycles. The third kappa shape index (κ3) is 3.77. The van der Waals surface area contributed by atoms with Crippen LogP contribution in [0.1, 0.15) is 44.1 Å². The maximum Gasteiger partial charge on any atom is 0.137 e. The van der Waals surface area contributed by atoms with Crippen molar-refractivity contribution in [3.8, 4) is 11.4 Å². The lowest BCUT2D eigenvalue weighted by Gasteiger charge is -2.38. The maximum atomic E-state index is 6.37. The van der Waals surface area contributed by atoms with Crippen molar-refractivity contribution in [1.29, 1.82) is 0 Å². The quantitative estimate of drug-likeness (QED) is 0.468. The second-order valence-corrected chi connectivity index (χ2v) is 9.68. The number of pyridine rings is 1. The molecular weight excluding hydrogens is 410 g/mol. The van der Waals surface area contributed by atoms with Crippen LogP contribution >= 0.6 is 0 Å². The van der Waals surface area contributed by atoms with E-state index in [1.54, 1.807) is 0 Å². The number of nitrogens with one attached hydrogen (secondary N) is 1. The van der Waals surface area contributed by atoms with Crippen molar-refractivity contribution in [1.82, 2.24) is 15.2 Å². The molecule has 4 aromatic rings. The average molecular weight is 442 g/mol. The Morgan fingerprint density at radius 2 is 1.97 bits per heavy atom. The second kappa shape index (κ2) is 8.43. The summed E-state index contributed by atoms with van der Waals surface area (Å²) >= 11 is 0. The van der Waals surface area contributed by atoms with Crippen LogP contribution in [0.3, 0.4) is 0 Å². The number of nitrogens with two attached hydrogens (primary N) is 1. The first-order valence-electron chi connectivity index (χ1n) is 12.2. The molecule has 0 bridgehead atoms. The number of hydrogen-bond donors (Lipinski definition) is 2. The van der Waals surface area contributed by atoms with Gasteiger partial charge >= 0.3 is 0 Å². The predicted molar refractivity (Wildman–Crippen MR) is 134 cm³/mol. The number of fused-ring (bicyclic) bond motifs is 2. The van der Waals surface area contributed by atoms with Gasteiger partial charge in [-0.2, -0.15) is 5.10 Å². The molecule has 6 rings (SSSR count). The number of hydrogen-bond acceptors (Lipinski definition) is 5. The van der Waals surface area contributed by atoms with E-state index in [1.807, 2.05) is 0 Å². The van der Waals surface area contributed by atoms with Gasteiger partial charge in [0.1, 0.15) is 11.5 Å². The Balaban J connectivity index is 1.49. The predicted octanol–water partition coefficient (Wildman–Crippen LogP) is 4.99. The van der Waals surface area contributed by atoms with E-state index in [9.17, 15) is 0 Å². The number of rotatable bonds is 3. The van der Waals surface area contributed by atoms with Crippen LogP contribution in [0, 0.1) is 0 Å². The van der Waals surface area contributed by atoms with Gasteiger partial charge in [0.05, 0.1) is 17.8 Å². The van der Waals surface area contributed by atoms with Crippen molar-refractivity contribution in [2.24, 2.45) is 5.73 Å². The molecule has 0 amide bonds. The fraction of sp³-hybridized carbons (Fsp3) is 0.407. The Hall–Kier alpha value is -2.96. The van der Waals surface area contributed by atoms with Crippen molar-refractivity contribution in [2.45, 2.75) is 50.6 Å². The molecule has 170 valence electrons. The molecule has 2 fully saturated rings. The lowest BCUT2D eigenvalue weighted by atomic mass is 9.92. The molecule has 6 nitrogen and oxygen atoms in total. The van der Waals surface area contributed by atoms with E-state index in [-0.39, 0.29) is 6.04 Å². The second-order valence-electron chi connectivity index (χ2n) is 9.68. The van der Waals surface area contributed by atoms with Gasteiger partial charge in [-0.15, -0.1) is 0 Å². The number of aromatic nitrogens is 3. The number of H-pyrrole nitrogens is 1. The molecule has 2 aliphatic heterocycles. The molecule has 0 saturated carbocycles. The summed E-state index contributed by atoms with van der Waals surface area (Å²) in [6, 6.07) is 17.9. The summed E-state index contributed by atoms with van der Waals surface area (Å²) in [6.45, 7) is 4.77. The van der Waals surface area contributed by atoms with Crippen LogP contribution in [-0.2, 0) is 4.74 Å². The van der Waals surface area contributed by atoms with Crippen molar-refractivity contribution in [2.75, 3.05) is 24.7 Å². The zero-order valence-electron chi connectivity index (χ0n) is 19.1. The Morgan fingerprint density at radius 3 is 2.85 bits per heavy atom. The fourth-order valence-corrected chi connectivity index (χ4v) is 5.44. The normalized spacial score (nSPS) is 23.9. The van der Waals surface area contributed by atoms with Crippen LogP contribution < -0.4 is 10.6 Å². The van der Waals surface area contributed by atoms with Gasteiger partial charge in [-0.25, -0.2) is 4.98 Å². The maximum absolute atomic E-state index is 6.37. The van der Waals surface area contributed by atoms with Gasteiger partial charge in [0, 0.05) is 41.9 Å². The van der Waals surface area contributed by atoms with Gasteiger partial charge in [0.25, 0.3) is 0 Å². The van der Waals surface area contributed by atoms with Gasteiger partial charge in [0.2, 0.25) is 0 Å². The SMILES string of the molecule is C[C@@H]1CC[C@@H](N)CN1c1nc(-c2n[nH]c3ccc(C4CCCOC4)cc23)cc2ccccc12. The molecule has 33 heavy (non-hydrogen) atoms. The summed E-state index contributed by atoms with van der Waals surface area (Å²) in [5.74, 6) is 1.46. The summed E-state index contributed by atoms with van der Waals surface area (Å²) in [5, 5.41) is 11.4. The molecule has 4 heterocycles. The number of aromatic amines is 1. The van der Waals surface area contributed by atoms with E-state index in [0.29, 0.717) is 12.0 Å². The Bertz CT molecular complexity index is 1290. The van der Waals surface area contributed by atoms with Gasteiger partial charge < -0.3 is 15.4 Å². The summed E-state index contributed by atoms with van der Waals surface area (Å²) in [7, 11) is 0. The molecule has 2 aliphatic rings. The minimum atomic E-state index is 0.178. The average Bonchev–Trinajstić information content (AvgIpc) is 3.29. The Labute approximate surface area is 194 Å². The Morgan fingerprint density at radius 1 is 1.06 bits per heavy atom. The lowest BCUT2D eigenvalue weighted by molar-refractivity contribution is 0.0805. The fourth-order valence-electron chi connectivity index (χ4n) is 5.44. The molecule has 3 N–H and O–H groups in total. The highest BCUT2D eigenvalue weighted by Gasteiger charge is 2.27. The van der Waals surface area contributed by atoms with Crippen LogP contribution in [0.25, 0.3) is 33.1 Å². The number of ether oxygens (including phenoxy) is 1. The molecule has 2 saturated heterocycles. The van der Waals surface area contributed by atoms with Gasteiger partial charge in [0.15, 0.2) is 0 Å². The van der Waals surface area contributed by atoms with Crippen molar-refractivity contribution in [3.63, 3.8) is 0 Å². The molecule has 0 radical (unpaired) electrons. The smallest absolute Gasteiger partial charge is 0.137 e. The minimum absolute atomic E-state index is 0.178. The highest BCUT2D eigenvalue weighted by atomic mass is 16.5. The van der Waals surface area contributed by atoms with Crippen molar-refractivity contribution in [3.05, 3.63) is 54.1 Å². The van der Waals surface area contributed by atoms with Crippen LogP contribution in [0.2, 0.25) is 0 Å². The topological polar surface area (TPSA) is 80.1 Å². The first-order chi connectivity index (χ1) is 16.2. The van der Waals surface area contributed by atoms with E-state index in [1.165, 1.54) is 22.8 Å². The van der Waals surface area contributed by atoms with E-state index < -0.39 is 0 Å². The van der Waals surface area contributed by atoms with E-state index in [4.69, 9.17) is 20.6 Å². The lowest BCUT2D eigenvalue weighted by Crippen LogP contribution is -2.48. The molecular formula is C27H31N5O. The van der Waals surface area contributed by atoms with Crippen molar-refractivity contribution < 1.29 is 4.74 Å². The van der Waals surface area contributed by atoms with Crippen LogP contribution in [-0.4, -0.2) is 47.0 Å². The molecule has 6 heteroatoms. The standard InChI is InChI=1S/C27H31N5O/c1-17-8-10-21(28)15-32(17)27-22-7-3-2-5-19(22)14-25(29-27)26-23-13-18(9-11-24(23)30-31-26)20-6-4-12-33-16-20/h2-3,5,7,9,11,13-14,17,20-21H,4,6,8,10,12,15-16,28H2,1H3,(H,30,31)/t17-,20?,21-/m1/s1. The van der Waals surface area contributed by atoms with Gasteiger partial charge in [-0.3, -0.25) is 5.10 Å². The summed E-state index contributed by atoms with van der Waals surface area (Å²) in [6.07, 6.45) is 4.43. The zero-order chi connectivity index (χ0) is 22.4. The molecule has 0 aliphatic carbocycles. The summed E-state index contributed by atoms with van der Waals surface area (Å²) in [5.41, 5.74) is 10.5. The highest BCUT2D eigenvalue weighted by molar-refractivity contribution is 5.99. The number of nitrogens with zero attached hydrogens (tertiary/aromatic N) is 3. The molecule has 1 unspecified atom stereocenters. The largest absolute Gasteiger partial charge is 0.381 e. The number of benzene rings is 2. The van der Waals surface area contributed by atoms with Crippen LogP contribution in [0.15, 0.2) is 48.5 Å². The van der Waals surface area contributed by atoms with Crippen LogP contribution in [0.4, 0.5) is 5.82 Å². The van der Waals surface area contributed by atoms with E-state index in [0.717, 1.165) is 67.1 Å². The van der Waals surface area contributed by atoms with Gasteiger partial charge in [-0.05, 0) is 61.8 Å². The monoisotopic (exact) mass is 441 g/mol. The first kappa shape index (κ1) is 20.6. The molecule has 2 aromatic carbocycles. The number of piperidine rings is 1. The minimum Gasteiger partial charge on any atom is -0.381 e.